The largest absolute Gasteiger partial charge is 0.481 e. The molecule has 1 N–H and O–H groups in total. The Morgan fingerprint density at radius 2 is 1.80 bits per heavy atom. The van der Waals surface area contributed by atoms with Gasteiger partial charge >= 0.3 is 12.0 Å². The smallest absolute Gasteiger partial charge is 0.320 e. The van der Waals surface area contributed by atoms with Crippen molar-refractivity contribution in [2.45, 2.75) is 38.7 Å². The molecule has 0 aromatic rings. The van der Waals surface area contributed by atoms with E-state index in [1.54, 1.807) is 4.90 Å². The van der Waals surface area contributed by atoms with E-state index in [0.29, 0.717) is 32.7 Å². The van der Waals surface area contributed by atoms with Gasteiger partial charge in [0.15, 0.2) is 0 Å². The molecule has 6 nitrogen and oxygen atoms in total. The van der Waals surface area contributed by atoms with Gasteiger partial charge in [0.05, 0.1) is 12.0 Å². The summed E-state index contributed by atoms with van der Waals surface area (Å²) in [5.74, 6) is -1.21. The van der Waals surface area contributed by atoms with Crippen molar-refractivity contribution >= 4 is 12.0 Å². The minimum absolute atomic E-state index is 0.0275. The quantitative estimate of drug-likeness (QED) is 0.850. The number of likely N-dealkylation sites (tertiary alicyclic amines) is 2. The third-order valence-corrected chi connectivity index (χ3v) is 4.09. The van der Waals surface area contributed by atoms with Gasteiger partial charge in [-0.3, -0.25) is 4.79 Å². The number of hydrogen-bond acceptors (Lipinski definition) is 3. The fourth-order valence-corrected chi connectivity index (χ4v) is 3.04. The van der Waals surface area contributed by atoms with Crippen molar-refractivity contribution in [3.63, 3.8) is 0 Å². The van der Waals surface area contributed by atoms with Crippen molar-refractivity contribution in [1.29, 1.82) is 0 Å². The zero-order chi connectivity index (χ0) is 14.5. The Hall–Kier alpha value is -1.30. The van der Waals surface area contributed by atoms with Crippen LogP contribution in [0.15, 0.2) is 0 Å². The molecule has 6 heteroatoms. The van der Waals surface area contributed by atoms with Crippen LogP contribution in [0.25, 0.3) is 0 Å². The summed E-state index contributed by atoms with van der Waals surface area (Å²) in [6.07, 6.45) is 3.51. The second-order valence-corrected chi connectivity index (χ2v) is 5.57. The van der Waals surface area contributed by atoms with E-state index in [0.717, 1.165) is 25.8 Å². The minimum Gasteiger partial charge on any atom is -0.481 e. The van der Waals surface area contributed by atoms with E-state index in [2.05, 4.69) is 0 Å². The van der Waals surface area contributed by atoms with E-state index in [-0.39, 0.29) is 12.1 Å². The van der Waals surface area contributed by atoms with Gasteiger partial charge in [-0.25, -0.2) is 4.79 Å². The number of carbonyl (C=O) groups excluding carboxylic acids is 1. The molecule has 2 aliphatic rings. The molecule has 2 saturated heterocycles. The summed E-state index contributed by atoms with van der Waals surface area (Å²) in [4.78, 5) is 27.0. The molecule has 2 fully saturated rings. The molecule has 0 radical (unpaired) electrons. The predicted molar refractivity (Wildman–Crippen MR) is 73.5 cm³/mol. The first kappa shape index (κ1) is 15.1. The van der Waals surface area contributed by atoms with Gasteiger partial charge in [-0.05, 0) is 32.6 Å². The molecule has 2 atom stereocenters. The van der Waals surface area contributed by atoms with Crippen LogP contribution >= 0.6 is 0 Å². The van der Waals surface area contributed by atoms with Crippen molar-refractivity contribution in [3.8, 4) is 0 Å². The number of carbonyl (C=O) groups is 2. The number of hydrogen-bond donors (Lipinski definition) is 1. The van der Waals surface area contributed by atoms with Gasteiger partial charge in [0.2, 0.25) is 0 Å². The summed E-state index contributed by atoms with van der Waals surface area (Å²) in [6, 6.07) is -0.0275. The Labute approximate surface area is 119 Å². The van der Waals surface area contributed by atoms with Gasteiger partial charge in [-0.15, -0.1) is 0 Å². The van der Waals surface area contributed by atoms with Crippen molar-refractivity contribution in [2.24, 2.45) is 5.92 Å². The van der Waals surface area contributed by atoms with E-state index >= 15 is 0 Å². The number of piperidine rings is 2. The molecule has 0 aromatic carbocycles. The number of carboxylic acids is 1. The molecule has 0 bridgehead atoms. The fraction of sp³-hybridized carbons (Fsp3) is 0.857. The van der Waals surface area contributed by atoms with Gasteiger partial charge in [-0.1, -0.05) is 0 Å². The molecular formula is C14H24N2O4. The lowest BCUT2D eigenvalue weighted by molar-refractivity contribution is -0.143. The average Bonchev–Trinajstić information content (AvgIpc) is 2.47. The molecule has 2 heterocycles. The van der Waals surface area contributed by atoms with Crippen LogP contribution in [0.3, 0.4) is 0 Å². The number of nitrogens with zero attached hydrogens (tertiary/aromatic N) is 2. The van der Waals surface area contributed by atoms with Crippen LogP contribution in [0.2, 0.25) is 0 Å². The van der Waals surface area contributed by atoms with Crippen LogP contribution in [0, 0.1) is 5.92 Å². The maximum absolute atomic E-state index is 12.5. The van der Waals surface area contributed by atoms with E-state index < -0.39 is 11.9 Å². The monoisotopic (exact) mass is 284 g/mol. The number of rotatable bonds is 3. The molecule has 0 aromatic heterocycles. The van der Waals surface area contributed by atoms with Crippen molar-refractivity contribution < 1.29 is 19.4 Å². The Kier molecular flexibility index (Phi) is 5.23. The van der Waals surface area contributed by atoms with Gasteiger partial charge in [0, 0.05) is 32.8 Å². The van der Waals surface area contributed by atoms with E-state index in [1.807, 2.05) is 11.8 Å². The predicted octanol–water partition coefficient (Wildman–Crippen LogP) is 1.40. The maximum atomic E-state index is 12.5. The number of ether oxygens (including phenoxy) is 1. The van der Waals surface area contributed by atoms with Gasteiger partial charge in [0.1, 0.15) is 0 Å². The van der Waals surface area contributed by atoms with Crippen LogP contribution in [-0.2, 0) is 9.53 Å². The summed E-state index contributed by atoms with van der Waals surface area (Å²) >= 11 is 0. The Morgan fingerprint density at radius 3 is 2.45 bits per heavy atom. The summed E-state index contributed by atoms with van der Waals surface area (Å²) in [5, 5.41) is 9.09. The molecule has 2 aliphatic heterocycles. The topological polar surface area (TPSA) is 70.1 Å². The Morgan fingerprint density at radius 1 is 1.15 bits per heavy atom. The van der Waals surface area contributed by atoms with Crippen LogP contribution in [0.4, 0.5) is 4.79 Å². The third-order valence-electron chi connectivity index (χ3n) is 4.09. The van der Waals surface area contributed by atoms with Crippen molar-refractivity contribution in [2.75, 3.05) is 32.8 Å². The zero-order valence-corrected chi connectivity index (χ0v) is 12.1. The number of aliphatic carboxylic acids is 1. The zero-order valence-electron chi connectivity index (χ0n) is 12.1. The SMILES string of the molecule is CCOC1CCCN(C(=O)N2CCC[C@@H](C(=O)O)C2)C1. The Bertz CT molecular complexity index is 359. The highest BCUT2D eigenvalue weighted by Gasteiger charge is 2.32. The molecular weight excluding hydrogens is 260 g/mol. The lowest BCUT2D eigenvalue weighted by Gasteiger charge is -2.38. The average molecular weight is 284 g/mol. The lowest BCUT2D eigenvalue weighted by atomic mass is 9.98. The molecule has 0 saturated carbocycles. The number of amides is 2. The second kappa shape index (κ2) is 6.92. The van der Waals surface area contributed by atoms with Gasteiger partial charge in [0.25, 0.3) is 0 Å². The van der Waals surface area contributed by atoms with Gasteiger partial charge in [-0.2, -0.15) is 0 Å². The minimum atomic E-state index is -0.798. The number of carboxylic acid groups (broad SMARTS) is 1. The molecule has 114 valence electrons. The first-order chi connectivity index (χ1) is 9.61. The summed E-state index contributed by atoms with van der Waals surface area (Å²) in [6.45, 7) is 5.00. The first-order valence-electron chi connectivity index (χ1n) is 7.50. The van der Waals surface area contributed by atoms with Crippen LogP contribution < -0.4 is 0 Å². The second-order valence-electron chi connectivity index (χ2n) is 5.57. The number of urea groups is 1. The van der Waals surface area contributed by atoms with Gasteiger partial charge < -0.3 is 19.6 Å². The lowest BCUT2D eigenvalue weighted by Crippen LogP contribution is -2.52. The molecule has 1 unspecified atom stereocenters. The highest BCUT2D eigenvalue weighted by atomic mass is 16.5. The maximum Gasteiger partial charge on any atom is 0.320 e. The summed E-state index contributed by atoms with van der Waals surface area (Å²) in [7, 11) is 0. The molecule has 0 spiro atoms. The Balaban J connectivity index is 1.91. The van der Waals surface area contributed by atoms with Crippen LogP contribution in [0.1, 0.15) is 32.6 Å². The van der Waals surface area contributed by atoms with Crippen LogP contribution in [-0.4, -0.2) is 65.8 Å². The standard InChI is InChI=1S/C14H24N2O4/c1-2-20-12-6-4-8-16(10-12)14(19)15-7-3-5-11(9-15)13(17)18/h11-12H,2-10H2,1H3,(H,17,18)/t11-,12?/m1/s1. The summed E-state index contributed by atoms with van der Waals surface area (Å²) < 4.78 is 5.60. The van der Waals surface area contributed by atoms with Crippen molar-refractivity contribution in [1.82, 2.24) is 9.80 Å². The molecule has 20 heavy (non-hydrogen) atoms. The van der Waals surface area contributed by atoms with E-state index in [9.17, 15) is 9.59 Å². The fourth-order valence-electron chi connectivity index (χ4n) is 3.04. The summed E-state index contributed by atoms with van der Waals surface area (Å²) in [5.41, 5.74) is 0. The first-order valence-corrected chi connectivity index (χ1v) is 7.50. The highest BCUT2D eigenvalue weighted by Crippen LogP contribution is 2.20. The van der Waals surface area contributed by atoms with Crippen LogP contribution in [0.5, 0.6) is 0 Å². The third kappa shape index (κ3) is 3.62. The van der Waals surface area contributed by atoms with E-state index in [4.69, 9.17) is 9.84 Å². The molecule has 2 rings (SSSR count). The molecule has 2 amide bonds. The highest BCUT2D eigenvalue weighted by molar-refractivity contribution is 5.76. The molecule has 0 aliphatic carbocycles. The van der Waals surface area contributed by atoms with Crippen molar-refractivity contribution in [3.05, 3.63) is 0 Å². The van der Waals surface area contributed by atoms with E-state index in [1.165, 1.54) is 0 Å². The normalized spacial score (nSPS) is 27.4.